The second kappa shape index (κ2) is 8.99. The minimum absolute atomic E-state index is 0.0406. The first-order valence-electron chi connectivity index (χ1n) is 11.0. The predicted molar refractivity (Wildman–Crippen MR) is 110 cm³/mol. The fourth-order valence-electron chi connectivity index (χ4n) is 5.92. The van der Waals surface area contributed by atoms with Crippen LogP contribution in [0.1, 0.15) is 44.9 Å². The molecule has 7 nitrogen and oxygen atoms in total. The van der Waals surface area contributed by atoms with Crippen molar-refractivity contribution >= 4 is 23.5 Å². The average molecular weight is 452 g/mol. The Bertz CT molecular complexity index is 889. The monoisotopic (exact) mass is 452 g/mol. The molecule has 1 aromatic carbocycles. The van der Waals surface area contributed by atoms with Crippen molar-refractivity contribution in [1.82, 2.24) is 16.0 Å². The number of amides is 4. The molecule has 0 spiro atoms. The highest BCUT2D eigenvalue weighted by atomic mass is 19.2. The molecule has 4 aliphatic carbocycles. The summed E-state index contributed by atoms with van der Waals surface area (Å²) >= 11 is 0. The van der Waals surface area contributed by atoms with Crippen LogP contribution in [0.25, 0.3) is 0 Å². The summed E-state index contributed by atoms with van der Waals surface area (Å²) in [6.45, 7) is -0.375. The molecule has 4 aliphatic rings. The second-order valence-electron chi connectivity index (χ2n) is 9.38. The van der Waals surface area contributed by atoms with E-state index in [1.165, 1.54) is 19.3 Å². The third-order valence-electron chi connectivity index (χ3n) is 6.81. The van der Waals surface area contributed by atoms with E-state index >= 15 is 0 Å². The number of halogens is 3. The highest BCUT2D eigenvalue weighted by Gasteiger charge is 2.51. The Hall–Kier alpha value is -2.78. The molecule has 0 saturated heterocycles. The van der Waals surface area contributed by atoms with Crippen molar-refractivity contribution in [2.45, 2.75) is 50.5 Å². The summed E-state index contributed by atoms with van der Waals surface area (Å²) in [5, 5.41) is 10.2. The number of benzene rings is 1. The summed E-state index contributed by atoms with van der Waals surface area (Å²) in [5.41, 5.74) is -0.639. The molecule has 1 aromatic rings. The van der Waals surface area contributed by atoms with Crippen LogP contribution in [-0.4, -0.2) is 36.5 Å². The zero-order valence-electron chi connectivity index (χ0n) is 17.6. The van der Waals surface area contributed by atoms with Crippen molar-refractivity contribution in [3.8, 4) is 0 Å². The molecule has 0 aromatic heterocycles. The van der Waals surface area contributed by atoms with E-state index in [1.54, 1.807) is 0 Å². The lowest BCUT2D eigenvalue weighted by atomic mass is 9.53. The highest BCUT2D eigenvalue weighted by Crippen LogP contribution is 2.55. The molecule has 5 rings (SSSR count). The Balaban J connectivity index is 1.15. The van der Waals surface area contributed by atoms with E-state index in [1.807, 2.05) is 0 Å². The van der Waals surface area contributed by atoms with Crippen LogP contribution in [0.5, 0.6) is 0 Å². The van der Waals surface area contributed by atoms with Gasteiger partial charge in [0.25, 0.3) is 0 Å². The number of rotatable bonds is 7. The van der Waals surface area contributed by atoms with Gasteiger partial charge >= 0.3 is 6.03 Å². The van der Waals surface area contributed by atoms with Crippen LogP contribution in [0.15, 0.2) is 12.1 Å². The van der Waals surface area contributed by atoms with Crippen LogP contribution in [0, 0.1) is 35.2 Å². The summed E-state index contributed by atoms with van der Waals surface area (Å²) < 4.78 is 39.7. The van der Waals surface area contributed by atoms with E-state index in [0.29, 0.717) is 23.8 Å². The molecule has 0 atom stereocenters. The molecule has 0 radical (unpaired) electrons. The van der Waals surface area contributed by atoms with Crippen LogP contribution in [0.4, 0.5) is 23.7 Å². The van der Waals surface area contributed by atoms with Gasteiger partial charge in [-0.05, 0) is 68.4 Å². The van der Waals surface area contributed by atoms with E-state index in [0.717, 1.165) is 25.3 Å². The molecular weight excluding hydrogens is 425 g/mol. The maximum absolute atomic E-state index is 13.6. The normalized spacial score (nSPS) is 27.7. The Labute approximate surface area is 183 Å². The van der Waals surface area contributed by atoms with Crippen molar-refractivity contribution < 1.29 is 27.6 Å². The number of nitrogens with one attached hydrogen (secondary N) is 4. The molecule has 4 amide bonds. The van der Waals surface area contributed by atoms with Crippen LogP contribution < -0.4 is 21.3 Å². The molecule has 0 unspecified atom stereocenters. The summed E-state index contributed by atoms with van der Waals surface area (Å²) in [6, 6.07) is 1.29. The molecule has 4 bridgehead atoms. The summed E-state index contributed by atoms with van der Waals surface area (Å²) in [4.78, 5) is 36.1. The van der Waals surface area contributed by atoms with Gasteiger partial charge < -0.3 is 21.3 Å². The second-order valence-corrected chi connectivity index (χ2v) is 9.38. The van der Waals surface area contributed by atoms with E-state index in [-0.39, 0.29) is 24.5 Å². The lowest BCUT2D eigenvalue weighted by Crippen LogP contribution is -2.61. The third kappa shape index (κ3) is 4.99. The summed E-state index contributed by atoms with van der Waals surface area (Å²) in [6.07, 6.45) is 6.87. The van der Waals surface area contributed by atoms with Gasteiger partial charge in [0.1, 0.15) is 0 Å². The number of carbonyl (C=O) groups excluding carboxylic acids is 3. The van der Waals surface area contributed by atoms with Crippen molar-refractivity contribution in [3.05, 3.63) is 29.6 Å². The lowest BCUT2D eigenvalue weighted by molar-refractivity contribution is -0.124. The van der Waals surface area contributed by atoms with Crippen molar-refractivity contribution in [2.24, 2.45) is 17.8 Å². The summed E-state index contributed by atoms with van der Waals surface area (Å²) in [5.74, 6) is -3.73. The SMILES string of the molecule is O=C(CCNC(=O)NC12CC3CC(CC(C3)C1)C2)NCC(=O)Nc1ccc(F)c(F)c1F. The fourth-order valence-corrected chi connectivity index (χ4v) is 5.92. The first kappa shape index (κ1) is 22.4. The highest BCUT2D eigenvalue weighted by molar-refractivity contribution is 5.94. The van der Waals surface area contributed by atoms with Gasteiger partial charge in [-0.15, -0.1) is 0 Å². The lowest BCUT2D eigenvalue weighted by Gasteiger charge is -2.56. The van der Waals surface area contributed by atoms with E-state index < -0.39 is 41.5 Å². The molecule has 4 N–H and O–H groups in total. The Morgan fingerprint density at radius 3 is 2.12 bits per heavy atom. The maximum atomic E-state index is 13.6. The Morgan fingerprint density at radius 2 is 1.50 bits per heavy atom. The fraction of sp³-hybridized carbons (Fsp3) is 0.591. The molecular formula is C22H27F3N4O3. The predicted octanol–water partition coefficient (Wildman–Crippen LogP) is 2.82. The number of urea groups is 1. The minimum Gasteiger partial charge on any atom is -0.347 e. The van der Waals surface area contributed by atoms with Gasteiger partial charge in [-0.2, -0.15) is 0 Å². The van der Waals surface area contributed by atoms with Crippen LogP contribution in [0.3, 0.4) is 0 Å². The number of hydrogen-bond donors (Lipinski definition) is 4. The molecule has 4 saturated carbocycles. The Kier molecular flexibility index (Phi) is 6.30. The standard InChI is InChI=1S/C22H27F3N4O3/c23-15-1-2-16(20(25)19(15)24)28-18(31)11-27-17(30)3-4-26-21(32)29-22-8-12-5-13(9-22)7-14(6-12)10-22/h1-2,12-14H,3-11H2,(H,27,30)(H,28,31)(H2,26,29,32). The van der Waals surface area contributed by atoms with Crippen LogP contribution in [0.2, 0.25) is 0 Å². The molecule has 4 fully saturated rings. The van der Waals surface area contributed by atoms with Gasteiger partial charge in [-0.25, -0.2) is 18.0 Å². The number of anilines is 1. The topological polar surface area (TPSA) is 99.3 Å². The van der Waals surface area contributed by atoms with E-state index in [9.17, 15) is 27.6 Å². The smallest absolute Gasteiger partial charge is 0.315 e. The van der Waals surface area contributed by atoms with Crippen molar-refractivity contribution in [1.29, 1.82) is 0 Å². The van der Waals surface area contributed by atoms with Crippen LogP contribution >= 0.6 is 0 Å². The van der Waals surface area contributed by atoms with E-state index in [2.05, 4.69) is 21.3 Å². The molecule has 10 heteroatoms. The number of carbonyl (C=O) groups is 3. The first-order valence-corrected chi connectivity index (χ1v) is 11.0. The van der Waals surface area contributed by atoms with Gasteiger partial charge in [0.15, 0.2) is 17.5 Å². The summed E-state index contributed by atoms with van der Waals surface area (Å²) in [7, 11) is 0. The zero-order valence-corrected chi connectivity index (χ0v) is 17.6. The molecule has 32 heavy (non-hydrogen) atoms. The van der Waals surface area contributed by atoms with Gasteiger partial charge in [0.2, 0.25) is 11.8 Å². The van der Waals surface area contributed by atoms with Crippen molar-refractivity contribution in [2.75, 3.05) is 18.4 Å². The van der Waals surface area contributed by atoms with E-state index in [4.69, 9.17) is 0 Å². The van der Waals surface area contributed by atoms with Gasteiger partial charge in [0, 0.05) is 18.5 Å². The van der Waals surface area contributed by atoms with Gasteiger partial charge in [-0.1, -0.05) is 0 Å². The molecule has 174 valence electrons. The van der Waals surface area contributed by atoms with Gasteiger partial charge in [-0.3, -0.25) is 9.59 Å². The minimum atomic E-state index is -1.69. The van der Waals surface area contributed by atoms with Gasteiger partial charge in [0.05, 0.1) is 12.2 Å². The maximum Gasteiger partial charge on any atom is 0.315 e. The zero-order chi connectivity index (χ0) is 22.9. The quantitative estimate of drug-likeness (QED) is 0.479. The average Bonchev–Trinajstić information content (AvgIpc) is 2.71. The Morgan fingerprint density at radius 1 is 0.875 bits per heavy atom. The number of hydrogen-bond acceptors (Lipinski definition) is 3. The largest absolute Gasteiger partial charge is 0.347 e. The molecule has 0 aliphatic heterocycles. The van der Waals surface area contributed by atoms with Crippen molar-refractivity contribution in [3.63, 3.8) is 0 Å². The first-order chi connectivity index (χ1) is 15.2. The molecule has 0 heterocycles. The third-order valence-corrected chi connectivity index (χ3v) is 6.81. The van der Waals surface area contributed by atoms with Crippen LogP contribution in [-0.2, 0) is 9.59 Å².